The molecule has 1 aliphatic rings. The number of benzene rings is 1. The second-order valence-electron chi connectivity index (χ2n) is 7.38. The summed E-state index contributed by atoms with van der Waals surface area (Å²) in [6.07, 6.45) is 0.830. The summed E-state index contributed by atoms with van der Waals surface area (Å²) in [6, 6.07) is 5.46. The zero-order valence-corrected chi connectivity index (χ0v) is 15.5. The van der Waals surface area contributed by atoms with E-state index in [2.05, 4.69) is 25.9 Å². The largest absolute Gasteiger partial charge is 0.489 e. The SMILES string of the molecule is CC(C)(C)Nc1nc(Nc2ccc3c(c2)NC[C@H](O)CO3)ncc1C(N)=O. The highest BCUT2D eigenvalue weighted by molar-refractivity contribution is 5.97. The van der Waals surface area contributed by atoms with E-state index in [1.165, 1.54) is 6.20 Å². The number of hydrogen-bond acceptors (Lipinski definition) is 8. The molecular formula is C18H24N6O3. The molecular weight excluding hydrogens is 348 g/mol. The van der Waals surface area contributed by atoms with E-state index in [0.29, 0.717) is 24.1 Å². The molecule has 9 heteroatoms. The molecule has 1 aromatic heterocycles. The number of carbonyl (C=O) groups excluding carboxylic acids is 1. The van der Waals surface area contributed by atoms with Crippen molar-refractivity contribution in [2.45, 2.75) is 32.4 Å². The maximum absolute atomic E-state index is 11.6. The predicted molar refractivity (Wildman–Crippen MR) is 104 cm³/mol. The Labute approximate surface area is 157 Å². The van der Waals surface area contributed by atoms with E-state index in [1.807, 2.05) is 32.9 Å². The Morgan fingerprint density at radius 2 is 2.19 bits per heavy atom. The Balaban J connectivity index is 1.85. The molecule has 0 fully saturated rings. The number of aliphatic hydroxyl groups is 1. The van der Waals surface area contributed by atoms with Gasteiger partial charge in [0.05, 0.1) is 11.3 Å². The van der Waals surface area contributed by atoms with Gasteiger partial charge >= 0.3 is 0 Å². The van der Waals surface area contributed by atoms with Crippen LogP contribution in [0.25, 0.3) is 0 Å². The summed E-state index contributed by atoms with van der Waals surface area (Å²) in [6.45, 7) is 6.52. The molecule has 0 aliphatic carbocycles. The third-order valence-corrected chi connectivity index (χ3v) is 3.74. The summed E-state index contributed by atoms with van der Waals surface area (Å²) in [4.78, 5) is 20.2. The van der Waals surface area contributed by atoms with E-state index in [-0.39, 0.29) is 17.7 Å². The van der Waals surface area contributed by atoms with Crippen molar-refractivity contribution in [3.05, 3.63) is 30.0 Å². The lowest BCUT2D eigenvalue weighted by Crippen LogP contribution is -2.29. The summed E-state index contributed by atoms with van der Waals surface area (Å²) < 4.78 is 5.55. The van der Waals surface area contributed by atoms with Gasteiger partial charge in [-0.15, -0.1) is 0 Å². The third kappa shape index (κ3) is 4.76. The van der Waals surface area contributed by atoms with Crippen molar-refractivity contribution in [2.75, 3.05) is 29.1 Å². The molecule has 144 valence electrons. The van der Waals surface area contributed by atoms with E-state index in [4.69, 9.17) is 10.5 Å². The van der Waals surface area contributed by atoms with E-state index in [0.717, 1.165) is 11.4 Å². The summed E-state index contributed by atoms with van der Waals surface area (Å²) in [5.41, 5.74) is 6.83. The highest BCUT2D eigenvalue weighted by Gasteiger charge is 2.18. The molecule has 3 rings (SSSR count). The Hall–Kier alpha value is -3.07. The number of fused-ring (bicyclic) bond motifs is 1. The molecule has 6 N–H and O–H groups in total. The minimum atomic E-state index is -0.599. The van der Waals surface area contributed by atoms with Crippen LogP contribution in [0.4, 0.5) is 23.1 Å². The molecule has 1 aromatic carbocycles. The highest BCUT2D eigenvalue weighted by atomic mass is 16.5. The molecule has 0 radical (unpaired) electrons. The van der Waals surface area contributed by atoms with Crippen LogP contribution in [0.1, 0.15) is 31.1 Å². The van der Waals surface area contributed by atoms with Gasteiger partial charge in [0.25, 0.3) is 5.91 Å². The van der Waals surface area contributed by atoms with Gasteiger partial charge in [0.15, 0.2) is 0 Å². The second-order valence-corrected chi connectivity index (χ2v) is 7.38. The number of anilines is 4. The summed E-state index contributed by atoms with van der Waals surface area (Å²) in [7, 11) is 0. The summed E-state index contributed by atoms with van der Waals surface area (Å²) in [5.74, 6) is 0.753. The lowest BCUT2D eigenvalue weighted by Gasteiger charge is -2.22. The van der Waals surface area contributed by atoms with Crippen LogP contribution in [-0.4, -0.2) is 45.8 Å². The molecule has 27 heavy (non-hydrogen) atoms. The van der Waals surface area contributed by atoms with Gasteiger partial charge in [-0.25, -0.2) is 4.98 Å². The van der Waals surface area contributed by atoms with E-state index in [1.54, 1.807) is 6.07 Å². The molecule has 1 amide bonds. The van der Waals surface area contributed by atoms with Crippen LogP contribution < -0.4 is 26.4 Å². The number of rotatable bonds is 4. The van der Waals surface area contributed by atoms with Crippen molar-refractivity contribution < 1.29 is 14.6 Å². The molecule has 0 bridgehead atoms. The normalized spacial score (nSPS) is 16.4. The molecule has 0 spiro atoms. The Bertz CT molecular complexity index is 849. The smallest absolute Gasteiger partial charge is 0.254 e. The van der Waals surface area contributed by atoms with Crippen LogP contribution >= 0.6 is 0 Å². The zero-order chi connectivity index (χ0) is 19.6. The molecule has 0 saturated heterocycles. The average molecular weight is 372 g/mol. The molecule has 9 nitrogen and oxygen atoms in total. The van der Waals surface area contributed by atoms with Gasteiger partial charge in [-0.2, -0.15) is 4.98 Å². The number of amides is 1. The zero-order valence-electron chi connectivity index (χ0n) is 15.5. The first-order valence-corrected chi connectivity index (χ1v) is 8.62. The first-order chi connectivity index (χ1) is 12.7. The number of nitrogens with zero attached hydrogens (tertiary/aromatic N) is 2. The van der Waals surface area contributed by atoms with E-state index >= 15 is 0 Å². The molecule has 0 unspecified atom stereocenters. The number of aliphatic hydroxyl groups excluding tert-OH is 1. The van der Waals surface area contributed by atoms with Gasteiger partial charge < -0.3 is 31.5 Å². The van der Waals surface area contributed by atoms with Gasteiger partial charge in [0.1, 0.15) is 24.3 Å². The Kier molecular flexibility index (Phi) is 5.04. The number of hydrogen-bond donors (Lipinski definition) is 5. The van der Waals surface area contributed by atoms with Crippen LogP contribution in [0, 0.1) is 0 Å². The number of aromatic nitrogens is 2. The number of carbonyl (C=O) groups is 1. The van der Waals surface area contributed by atoms with Crippen molar-refractivity contribution in [3.8, 4) is 5.75 Å². The van der Waals surface area contributed by atoms with Gasteiger partial charge in [-0.3, -0.25) is 4.79 Å². The van der Waals surface area contributed by atoms with Crippen molar-refractivity contribution in [1.82, 2.24) is 9.97 Å². The lowest BCUT2D eigenvalue weighted by molar-refractivity contribution is 0.100. The Morgan fingerprint density at radius 1 is 1.41 bits per heavy atom. The fourth-order valence-electron chi connectivity index (χ4n) is 2.55. The summed E-state index contributed by atoms with van der Waals surface area (Å²) in [5, 5.41) is 19.1. The van der Waals surface area contributed by atoms with E-state index < -0.39 is 12.0 Å². The first kappa shape index (κ1) is 18.7. The monoisotopic (exact) mass is 372 g/mol. The number of primary amides is 1. The average Bonchev–Trinajstić information content (AvgIpc) is 2.75. The van der Waals surface area contributed by atoms with Gasteiger partial charge in [0, 0.05) is 24.0 Å². The quantitative estimate of drug-likeness (QED) is 0.547. The van der Waals surface area contributed by atoms with Gasteiger partial charge in [0.2, 0.25) is 5.95 Å². The molecule has 1 atom stereocenters. The van der Waals surface area contributed by atoms with Crippen molar-refractivity contribution in [2.24, 2.45) is 5.73 Å². The highest BCUT2D eigenvalue weighted by Crippen LogP contribution is 2.31. The van der Waals surface area contributed by atoms with Gasteiger partial charge in [-0.1, -0.05) is 0 Å². The van der Waals surface area contributed by atoms with Crippen molar-refractivity contribution >= 4 is 29.0 Å². The van der Waals surface area contributed by atoms with Crippen LogP contribution in [0.3, 0.4) is 0 Å². The second kappa shape index (κ2) is 7.28. The topological polar surface area (TPSA) is 134 Å². The maximum atomic E-state index is 11.6. The van der Waals surface area contributed by atoms with Crippen molar-refractivity contribution in [3.63, 3.8) is 0 Å². The molecule has 1 aliphatic heterocycles. The van der Waals surface area contributed by atoms with Crippen molar-refractivity contribution in [1.29, 1.82) is 0 Å². The number of ether oxygens (including phenoxy) is 1. The minimum absolute atomic E-state index is 0.224. The maximum Gasteiger partial charge on any atom is 0.254 e. The van der Waals surface area contributed by atoms with Crippen LogP contribution in [0.5, 0.6) is 5.75 Å². The summed E-state index contributed by atoms with van der Waals surface area (Å²) >= 11 is 0. The number of β-amino-alcohol motifs (C(OH)–C–C–N with tert-alkyl or cyclic N) is 1. The van der Waals surface area contributed by atoms with Crippen LogP contribution in [0.2, 0.25) is 0 Å². The van der Waals surface area contributed by atoms with E-state index in [9.17, 15) is 9.90 Å². The number of nitrogens with one attached hydrogen (secondary N) is 3. The number of nitrogens with two attached hydrogens (primary N) is 1. The Morgan fingerprint density at radius 3 is 2.89 bits per heavy atom. The molecule has 0 saturated carbocycles. The predicted octanol–water partition coefficient (Wildman–Crippen LogP) is 1.69. The third-order valence-electron chi connectivity index (χ3n) is 3.74. The minimum Gasteiger partial charge on any atom is -0.489 e. The van der Waals surface area contributed by atoms with Crippen LogP contribution in [-0.2, 0) is 0 Å². The first-order valence-electron chi connectivity index (χ1n) is 8.62. The van der Waals surface area contributed by atoms with Gasteiger partial charge in [-0.05, 0) is 39.0 Å². The fourth-order valence-corrected chi connectivity index (χ4v) is 2.55. The fraction of sp³-hybridized carbons (Fsp3) is 0.389. The molecule has 2 aromatic rings. The lowest BCUT2D eigenvalue weighted by atomic mass is 10.1. The van der Waals surface area contributed by atoms with Crippen LogP contribution in [0.15, 0.2) is 24.4 Å². The molecule has 2 heterocycles. The standard InChI is InChI=1S/C18H24N6O3/c1-18(2,3)24-16-12(15(19)26)8-21-17(23-16)22-10-4-5-14-13(6-10)20-7-11(25)9-27-14/h4-6,8,11,20,25H,7,9H2,1-3H3,(H2,19,26)(H2,21,22,23,24)/t11-/m0/s1.